The highest BCUT2D eigenvalue weighted by molar-refractivity contribution is 5.96. The van der Waals surface area contributed by atoms with Crippen LogP contribution >= 0.6 is 0 Å². The van der Waals surface area contributed by atoms with Gasteiger partial charge in [0.1, 0.15) is 0 Å². The van der Waals surface area contributed by atoms with Gasteiger partial charge >= 0.3 is 0 Å². The minimum Gasteiger partial charge on any atom is -0.355 e. The molecule has 5 heteroatoms. The van der Waals surface area contributed by atoms with Gasteiger partial charge in [-0.05, 0) is 31.5 Å². The number of para-hydroxylation sites is 1. The number of anilines is 1. The maximum absolute atomic E-state index is 12.4. The predicted octanol–water partition coefficient (Wildman–Crippen LogP) is 1.64. The zero-order valence-electron chi connectivity index (χ0n) is 13.6. The summed E-state index contributed by atoms with van der Waals surface area (Å²) in [5.74, 6) is 0.0646. The fourth-order valence-electron chi connectivity index (χ4n) is 2.64. The van der Waals surface area contributed by atoms with Crippen molar-refractivity contribution in [2.75, 3.05) is 25.5 Å². The van der Waals surface area contributed by atoms with Crippen LogP contribution in [-0.2, 0) is 16.0 Å². The summed E-state index contributed by atoms with van der Waals surface area (Å²) < 4.78 is 0. The second-order valence-electron chi connectivity index (χ2n) is 6.13. The summed E-state index contributed by atoms with van der Waals surface area (Å²) in [5.41, 5.74) is 2.09. The molecule has 1 aromatic rings. The van der Waals surface area contributed by atoms with Gasteiger partial charge in [0.25, 0.3) is 0 Å². The molecule has 120 valence electrons. The van der Waals surface area contributed by atoms with E-state index in [1.54, 1.807) is 0 Å². The second-order valence-corrected chi connectivity index (χ2v) is 6.13. The van der Waals surface area contributed by atoms with Crippen molar-refractivity contribution in [3.8, 4) is 0 Å². The Morgan fingerprint density at radius 2 is 2.14 bits per heavy atom. The van der Waals surface area contributed by atoms with Crippen LogP contribution in [0.2, 0.25) is 0 Å². The third kappa shape index (κ3) is 4.07. The van der Waals surface area contributed by atoms with Crippen molar-refractivity contribution >= 4 is 17.5 Å². The molecule has 0 radical (unpaired) electrons. The number of fused-ring (bicyclic) bond motifs is 1. The summed E-state index contributed by atoms with van der Waals surface area (Å²) in [7, 11) is 1.93. The lowest BCUT2D eigenvalue weighted by Crippen LogP contribution is -2.45. The molecule has 0 saturated carbocycles. The maximum Gasteiger partial charge on any atom is 0.241 e. The minimum absolute atomic E-state index is 0.0130. The average molecular weight is 303 g/mol. The van der Waals surface area contributed by atoms with Crippen molar-refractivity contribution in [3.05, 3.63) is 29.8 Å². The van der Waals surface area contributed by atoms with Crippen LogP contribution in [0.1, 0.15) is 25.8 Å². The molecule has 2 N–H and O–H groups in total. The minimum atomic E-state index is -0.164. The first-order chi connectivity index (χ1) is 10.5. The van der Waals surface area contributed by atoms with Crippen molar-refractivity contribution < 1.29 is 9.59 Å². The Bertz CT molecular complexity index is 542. The quantitative estimate of drug-likeness (QED) is 0.869. The normalized spacial score (nSPS) is 17.9. The van der Waals surface area contributed by atoms with E-state index in [1.165, 1.54) is 5.56 Å². The lowest BCUT2D eigenvalue weighted by atomic mass is 10.1. The van der Waals surface area contributed by atoms with Gasteiger partial charge in [-0.25, -0.2) is 0 Å². The molecule has 0 fully saturated rings. The van der Waals surface area contributed by atoms with Gasteiger partial charge in [0.05, 0.1) is 6.04 Å². The fourth-order valence-corrected chi connectivity index (χ4v) is 2.64. The first-order valence-corrected chi connectivity index (χ1v) is 7.85. The number of nitrogens with zero attached hydrogens (tertiary/aromatic N) is 1. The fraction of sp³-hybridized carbons (Fsp3) is 0.529. The van der Waals surface area contributed by atoms with Crippen molar-refractivity contribution in [3.63, 3.8) is 0 Å². The van der Waals surface area contributed by atoms with E-state index in [-0.39, 0.29) is 23.8 Å². The van der Waals surface area contributed by atoms with Crippen LogP contribution < -0.4 is 10.6 Å². The first-order valence-electron chi connectivity index (χ1n) is 7.85. The van der Waals surface area contributed by atoms with Crippen molar-refractivity contribution in [2.24, 2.45) is 5.92 Å². The molecule has 2 rings (SSSR count). The van der Waals surface area contributed by atoms with Gasteiger partial charge in [-0.15, -0.1) is 0 Å². The highest BCUT2D eigenvalue weighted by Gasteiger charge is 2.26. The smallest absolute Gasteiger partial charge is 0.241 e. The Balaban J connectivity index is 1.90. The van der Waals surface area contributed by atoms with Gasteiger partial charge < -0.3 is 10.6 Å². The highest BCUT2D eigenvalue weighted by Crippen LogP contribution is 2.23. The summed E-state index contributed by atoms with van der Waals surface area (Å²) in [6.45, 7) is 4.96. The van der Waals surface area contributed by atoms with E-state index in [9.17, 15) is 9.59 Å². The largest absolute Gasteiger partial charge is 0.355 e. The average Bonchev–Trinajstić information content (AvgIpc) is 2.65. The number of nitrogens with one attached hydrogen (secondary N) is 2. The Hall–Kier alpha value is -1.88. The number of amides is 2. The lowest BCUT2D eigenvalue weighted by molar-refractivity contribution is -0.124. The molecule has 22 heavy (non-hydrogen) atoms. The summed E-state index contributed by atoms with van der Waals surface area (Å²) in [4.78, 5) is 26.0. The lowest BCUT2D eigenvalue weighted by Gasteiger charge is -2.25. The monoisotopic (exact) mass is 303 g/mol. The summed E-state index contributed by atoms with van der Waals surface area (Å²) in [6.07, 6.45) is 1.67. The number of hydrogen-bond acceptors (Lipinski definition) is 3. The molecular weight excluding hydrogens is 278 g/mol. The van der Waals surface area contributed by atoms with Crippen LogP contribution in [-0.4, -0.2) is 42.9 Å². The number of likely N-dealkylation sites (N-methyl/N-ethyl adjacent to an activating group) is 1. The van der Waals surface area contributed by atoms with E-state index < -0.39 is 0 Å². The van der Waals surface area contributed by atoms with Crippen LogP contribution in [0.5, 0.6) is 0 Å². The molecular formula is C17H25N3O2. The summed E-state index contributed by atoms with van der Waals surface area (Å²) in [6, 6.07) is 7.77. The molecule has 2 amide bonds. The summed E-state index contributed by atoms with van der Waals surface area (Å²) in [5, 5.41) is 5.89. The van der Waals surface area contributed by atoms with Crippen molar-refractivity contribution in [2.45, 2.75) is 32.7 Å². The maximum atomic E-state index is 12.4. The number of rotatable bonds is 5. The second kappa shape index (κ2) is 7.40. The van der Waals surface area contributed by atoms with E-state index in [1.807, 2.05) is 44.0 Å². The van der Waals surface area contributed by atoms with E-state index in [2.05, 4.69) is 16.7 Å². The van der Waals surface area contributed by atoms with E-state index in [4.69, 9.17) is 0 Å². The molecule has 0 saturated heterocycles. The van der Waals surface area contributed by atoms with Gasteiger partial charge in [0.15, 0.2) is 0 Å². The Morgan fingerprint density at radius 3 is 2.86 bits per heavy atom. The Labute approximate surface area is 132 Å². The molecule has 0 spiro atoms. The molecule has 1 atom stereocenters. The first kappa shape index (κ1) is 16.5. The van der Waals surface area contributed by atoms with Crippen LogP contribution in [0.3, 0.4) is 0 Å². The molecule has 5 nitrogen and oxygen atoms in total. The third-order valence-electron chi connectivity index (χ3n) is 4.09. The van der Waals surface area contributed by atoms with Gasteiger partial charge in [0, 0.05) is 24.7 Å². The molecule has 1 aliphatic heterocycles. The third-order valence-corrected chi connectivity index (χ3v) is 4.09. The Kier molecular flexibility index (Phi) is 5.55. The van der Waals surface area contributed by atoms with E-state index in [0.29, 0.717) is 13.1 Å². The molecule has 1 heterocycles. The van der Waals surface area contributed by atoms with Crippen molar-refractivity contribution in [1.82, 2.24) is 10.2 Å². The van der Waals surface area contributed by atoms with Gasteiger partial charge in [-0.2, -0.15) is 0 Å². The van der Waals surface area contributed by atoms with Crippen LogP contribution in [0.15, 0.2) is 24.3 Å². The van der Waals surface area contributed by atoms with Gasteiger partial charge in [0.2, 0.25) is 11.8 Å². The van der Waals surface area contributed by atoms with Crippen LogP contribution in [0, 0.1) is 5.92 Å². The molecule has 0 aromatic heterocycles. The molecule has 0 bridgehead atoms. The standard InChI is InChI=1S/C17H25N3O2/c1-12(2)16(21)18-10-11-20(3)15-9-8-13-6-4-5-7-14(13)19-17(15)22/h4-7,12,15H,8-11H2,1-3H3,(H,18,21)(H,19,22). The van der Waals surface area contributed by atoms with Crippen LogP contribution in [0.25, 0.3) is 0 Å². The predicted molar refractivity (Wildman–Crippen MR) is 87.7 cm³/mol. The number of carbonyl (C=O) groups is 2. The van der Waals surface area contributed by atoms with Gasteiger partial charge in [-0.1, -0.05) is 32.0 Å². The Morgan fingerprint density at radius 1 is 1.41 bits per heavy atom. The SMILES string of the molecule is CC(C)C(=O)NCCN(C)C1CCc2ccccc2NC1=O. The number of carbonyl (C=O) groups excluding carboxylic acids is 2. The number of aryl methyl sites for hydroxylation is 1. The number of benzene rings is 1. The molecule has 1 aliphatic rings. The van der Waals surface area contributed by atoms with E-state index in [0.717, 1.165) is 18.5 Å². The number of hydrogen-bond donors (Lipinski definition) is 2. The molecule has 0 aliphatic carbocycles. The van der Waals surface area contributed by atoms with E-state index >= 15 is 0 Å². The molecule has 1 aromatic carbocycles. The summed E-state index contributed by atoms with van der Waals surface area (Å²) >= 11 is 0. The zero-order chi connectivity index (χ0) is 16.1. The highest BCUT2D eigenvalue weighted by atomic mass is 16.2. The zero-order valence-corrected chi connectivity index (χ0v) is 13.6. The van der Waals surface area contributed by atoms with Gasteiger partial charge in [-0.3, -0.25) is 14.5 Å². The van der Waals surface area contributed by atoms with Crippen molar-refractivity contribution in [1.29, 1.82) is 0 Å². The van der Waals surface area contributed by atoms with Crippen LogP contribution in [0.4, 0.5) is 5.69 Å². The molecule has 1 unspecified atom stereocenters. The topological polar surface area (TPSA) is 61.4 Å².